The van der Waals surface area contributed by atoms with Crippen molar-refractivity contribution in [3.63, 3.8) is 0 Å². The first-order chi connectivity index (χ1) is 17.0. The van der Waals surface area contributed by atoms with Crippen LogP contribution in [0.5, 0.6) is 0 Å². The minimum atomic E-state index is -0.311. The summed E-state index contributed by atoms with van der Waals surface area (Å²) in [7, 11) is 1.87. The molecule has 1 aromatic heterocycles. The number of rotatable bonds is 10. The number of fused-ring (bicyclic) bond motifs is 2. The van der Waals surface area contributed by atoms with Crippen LogP contribution in [0.15, 0.2) is 58.5 Å². The third-order valence-corrected chi connectivity index (χ3v) is 7.62. The minimum absolute atomic E-state index is 0.0205. The second-order valence-electron chi connectivity index (χ2n) is 9.05. The monoisotopic (exact) mass is 492 g/mol. The van der Waals surface area contributed by atoms with E-state index in [1.165, 1.54) is 22.9 Å². The van der Waals surface area contributed by atoms with Crippen molar-refractivity contribution in [2.75, 3.05) is 12.8 Å². The first-order valence-corrected chi connectivity index (χ1v) is 13.2. The zero-order valence-electron chi connectivity index (χ0n) is 20.1. The van der Waals surface area contributed by atoms with E-state index in [0.29, 0.717) is 35.4 Å². The number of primary amides is 1. The molecule has 3 aromatic rings. The molecule has 1 atom stereocenters. The van der Waals surface area contributed by atoms with Gasteiger partial charge in [-0.15, -0.1) is 0 Å². The first kappa shape index (κ1) is 25.0. The molecule has 1 aliphatic rings. The van der Waals surface area contributed by atoms with Crippen LogP contribution in [0.3, 0.4) is 0 Å². The van der Waals surface area contributed by atoms with Gasteiger partial charge in [0.25, 0.3) is 5.56 Å². The molecule has 2 amide bonds. The molecule has 0 saturated carbocycles. The molecule has 35 heavy (non-hydrogen) atoms. The van der Waals surface area contributed by atoms with Crippen LogP contribution in [-0.4, -0.2) is 39.1 Å². The van der Waals surface area contributed by atoms with Gasteiger partial charge in [-0.2, -0.15) is 0 Å². The largest absolute Gasteiger partial charge is 0.370 e. The molecule has 8 heteroatoms. The normalized spacial score (nSPS) is 15.1. The predicted molar refractivity (Wildman–Crippen MR) is 139 cm³/mol. The fourth-order valence-electron chi connectivity index (χ4n) is 4.73. The number of unbranched alkanes of at least 4 members (excludes halogenated alkanes) is 2. The van der Waals surface area contributed by atoms with Crippen molar-refractivity contribution >= 4 is 34.5 Å². The summed E-state index contributed by atoms with van der Waals surface area (Å²) in [5.41, 5.74) is 8.30. The quantitative estimate of drug-likeness (QED) is 0.261. The molecule has 0 aliphatic heterocycles. The van der Waals surface area contributed by atoms with Gasteiger partial charge in [-0.25, -0.2) is 4.98 Å². The number of carbonyl (C=O) groups excluding carboxylic acids is 2. The molecule has 0 unspecified atom stereocenters. The standard InChI is InChI=1S/C27H32N4O3S/c1-30(23-15-9-11-19-10-4-5-12-20(19)23)25(33)18-35-27-29-22-14-7-6-13-21(22)26(34)31(27)17-8-2-3-16-24(28)32/h4-7,10,12-14,23H,2-3,8-9,11,15-18H2,1H3,(H2,28,32)/t23-/m1/s1. The van der Waals surface area contributed by atoms with E-state index >= 15 is 0 Å². The average Bonchev–Trinajstić information content (AvgIpc) is 2.87. The van der Waals surface area contributed by atoms with E-state index < -0.39 is 0 Å². The molecule has 2 N–H and O–H groups in total. The average molecular weight is 493 g/mol. The topological polar surface area (TPSA) is 98.3 Å². The van der Waals surface area contributed by atoms with Crippen LogP contribution in [0, 0.1) is 0 Å². The van der Waals surface area contributed by atoms with E-state index in [1.807, 2.05) is 36.2 Å². The fraction of sp³-hybridized carbons (Fsp3) is 0.407. The number of thioether (sulfide) groups is 1. The number of aromatic nitrogens is 2. The number of benzene rings is 2. The smallest absolute Gasteiger partial charge is 0.262 e. The second kappa shape index (κ2) is 11.5. The number of hydrogen-bond donors (Lipinski definition) is 1. The van der Waals surface area contributed by atoms with Crippen LogP contribution in [-0.2, 0) is 22.6 Å². The molecule has 4 rings (SSSR count). The van der Waals surface area contributed by atoms with Crippen LogP contribution in [0.4, 0.5) is 0 Å². The van der Waals surface area contributed by atoms with Crippen LogP contribution in [0.25, 0.3) is 10.9 Å². The van der Waals surface area contributed by atoms with E-state index in [4.69, 9.17) is 10.7 Å². The van der Waals surface area contributed by atoms with Crippen molar-refractivity contribution < 1.29 is 9.59 Å². The molecule has 184 valence electrons. The van der Waals surface area contributed by atoms with E-state index in [1.54, 1.807) is 10.6 Å². The van der Waals surface area contributed by atoms with Gasteiger partial charge in [0.2, 0.25) is 11.8 Å². The van der Waals surface area contributed by atoms with Crippen LogP contribution in [0.1, 0.15) is 55.7 Å². The summed E-state index contributed by atoms with van der Waals surface area (Å²) >= 11 is 1.31. The first-order valence-electron chi connectivity index (χ1n) is 12.2. The van der Waals surface area contributed by atoms with E-state index in [2.05, 4.69) is 18.2 Å². The Bertz CT molecular complexity index is 1270. The Kier molecular flexibility index (Phi) is 8.23. The summed E-state index contributed by atoms with van der Waals surface area (Å²) < 4.78 is 1.67. The van der Waals surface area contributed by atoms with E-state index in [9.17, 15) is 14.4 Å². The lowest BCUT2D eigenvalue weighted by Gasteiger charge is -2.33. The van der Waals surface area contributed by atoms with E-state index in [0.717, 1.165) is 32.1 Å². The lowest BCUT2D eigenvalue weighted by molar-refractivity contribution is -0.129. The maximum atomic E-state index is 13.2. The number of hydrogen-bond acceptors (Lipinski definition) is 5. The van der Waals surface area contributed by atoms with Crippen LogP contribution in [0.2, 0.25) is 0 Å². The lowest BCUT2D eigenvalue weighted by Crippen LogP contribution is -2.34. The van der Waals surface area contributed by atoms with Gasteiger partial charge >= 0.3 is 0 Å². The highest BCUT2D eigenvalue weighted by atomic mass is 32.2. The molecule has 0 spiro atoms. The summed E-state index contributed by atoms with van der Waals surface area (Å²) in [6.07, 6.45) is 5.62. The second-order valence-corrected chi connectivity index (χ2v) is 9.99. The van der Waals surface area contributed by atoms with Gasteiger partial charge in [0.15, 0.2) is 5.16 Å². The SMILES string of the molecule is CN(C(=O)CSc1nc2ccccc2c(=O)n1CCCCCC(N)=O)[C@@H]1CCCc2ccccc21. The third kappa shape index (κ3) is 5.93. The number of amides is 2. The Morgan fingerprint density at radius 2 is 1.89 bits per heavy atom. The van der Waals surface area contributed by atoms with Gasteiger partial charge in [-0.1, -0.05) is 54.6 Å². The Labute approximate surface area is 209 Å². The summed E-state index contributed by atoms with van der Waals surface area (Å²) in [4.78, 5) is 44.0. The molecular weight excluding hydrogens is 460 g/mol. The fourth-order valence-corrected chi connectivity index (χ4v) is 5.68. The highest BCUT2D eigenvalue weighted by Gasteiger charge is 2.26. The minimum Gasteiger partial charge on any atom is -0.370 e. The van der Waals surface area contributed by atoms with Gasteiger partial charge in [-0.3, -0.25) is 19.0 Å². The summed E-state index contributed by atoms with van der Waals surface area (Å²) in [5.74, 6) is -0.0807. The van der Waals surface area contributed by atoms with Crippen molar-refractivity contribution in [3.8, 4) is 0 Å². The van der Waals surface area contributed by atoms with Gasteiger partial charge < -0.3 is 10.6 Å². The Morgan fingerprint density at radius 3 is 2.71 bits per heavy atom. The molecule has 1 heterocycles. The van der Waals surface area contributed by atoms with Gasteiger partial charge in [0.05, 0.1) is 22.7 Å². The lowest BCUT2D eigenvalue weighted by atomic mass is 9.87. The Hall–Kier alpha value is -3.13. The van der Waals surface area contributed by atoms with Gasteiger partial charge in [0, 0.05) is 20.0 Å². The van der Waals surface area contributed by atoms with Crippen molar-refractivity contribution in [2.24, 2.45) is 5.73 Å². The maximum Gasteiger partial charge on any atom is 0.262 e. The molecule has 0 bridgehead atoms. The maximum absolute atomic E-state index is 13.2. The highest BCUT2D eigenvalue weighted by Crippen LogP contribution is 2.34. The molecule has 2 aromatic carbocycles. The zero-order valence-corrected chi connectivity index (χ0v) is 20.9. The van der Waals surface area contributed by atoms with Crippen molar-refractivity contribution in [2.45, 2.75) is 62.7 Å². The molecule has 0 radical (unpaired) electrons. The number of nitrogens with two attached hydrogens (primary N) is 1. The number of para-hydroxylation sites is 1. The zero-order chi connectivity index (χ0) is 24.8. The van der Waals surface area contributed by atoms with Crippen LogP contribution >= 0.6 is 11.8 Å². The molecule has 0 fully saturated rings. The molecule has 1 aliphatic carbocycles. The summed E-state index contributed by atoms with van der Waals surface area (Å²) in [6, 6.07) is 15.7. The number of carbonyl (C=O) groups is 2. The van der Waals surface area contributed by atoms with Gasteiger partial charge in [0.1, 0.15) is 0 Å². The number of nitrogens with zero attached hydrogens (tertiary/aromatic N) is 3. The number of aryl methyl sites for hydroxylation is 1. The molecule has 0 saturated heterocycles. The summed E-state index contributed by atoms with van der Waals surface area (Å²) in [5, 5.41) is 1.12. The Balaban J connectivity index is 1.49. The van der Waals surface area contributed by atoms with Crippen molar-refractivity contribution in [3.05, 3.63) is 70.0 Å². The highest BCUT2D eigenvalue weighted by molar-refractivity contribution is 7.99. The van der Waals surface area contributed by atoms with Crippen molar-refractivity contribution in [1.82, 2.24) is 14.5 Å². The molecule has 7 nitrogen and oxygen atoms in total. The van der Waals surface area contributed by atoms with Gasteiger partial charge in [-0.05, 0) is 55.4 Å². The Morgan fingerprint density at radius 1 is 1.11 bits per heavy atom. The van der Waals surface area contributed by atoms with E-state index in [-0.39, 0.29) is 29.2 Å². The van der Waals surface area contributed by atoms with Crippen LogP contribution < -0.4 is 11.3 Å². The third-order valence-electron chi connectivity index (χ3n) is 6.65. The molecular formula is C27H32N4O3S. The van der Waals surface area contributed by atoms with Crippen molar-refractivity contribution in [1.29, 1.82) is 0 Å². The summed E-state index contributed by atoms with van der Waals surface area (Å²) in [6.45, 7) is 0.484. The predicted octanol–water partition coefficient (Wildman–Crippen LogP) is 4.07.